The molecule has 3 heteroatoms. The van der Waals surface area contributed by atoms with Crippen LogP contribution in [0.15, 0.2) is 36.5 Å². The molecule has 114 valence electrons. The van der Waals surface area contributed by atoms with Gasteiger partial charge in [0.2, 0.25) is 0 Å². The number of carbonyl (C=O) groups excluding carboxylic acids is 1. The predicted octanol–water partition coefficient (Wildman–Crippen LogP) is 3.63. The van der Waals surface area contributed by atoms with Crippen molar-refractivity contribution in [3.63, 3.8) is 0 Å². The van der Waals surface area contributed by atoms with E-state index in [1.807, 2.05) is 19.1 Å². The largest absolute Gasteiger partial charge is 0.478 e. The third kappa shape index (κ3) is 3.34. The van der Waals surface area contributed by atoms with Crippen molar-refractivity contribution in [3.05, 3.63) is 36.5 Å². The van der Waals surface area contributed by atoms with E-state index < -0.39 is 11.4 Å². The van der Waals surface area contributed by atoms with Crippen LogP contribution < -0.4 is 0 Å². The van der Waals surface area contributed by atoms with Crippen molar-refractivity contribution in [2.75, 3.05) is 0 Å². The molecule has 0 amide bonds. The van der Waals surface area contributed by atoms with Crippen molar-refractivity contribution in [2.45, 2.75) is 33.6 Å². The number of ketones is 1. The zero-order valence-electron chi connectivity index (χ0n) is 13.0. The maximum absolute atomic E-state index is 12.9. The highest BCUT2D eigenvalue weighted by Crippen LogP contribution is 2.46. The van der Waals surface area contributed by atoms with Crippen LogP contribution in [0.2, 0.25) is 0 Å². The topological polar surface area (TPSA) is 54.4 Å². The van der Waals surface area contributed by atoms with E-state index in [0.717, 1.165) is 18.9 Å². The molecular weight excluding hydrogens is 264 g/mol. The minimum Gasteiger partial charge on any atom is -0.478 e. The summed E-state index contributed by atoms with van der Waals surface area (Å²) in [6.45, 7) is 6.35. The van der Waals surface area contributed by atoms with Gasteiger partial charge in [-0.05, 0) is 37.5 Å². The Hall–Kier alpha value is -1.64. The van der Waals surface area contributed by atoms with E-state index in [9.17, 15) is 9.59 Å². The van der Waals surface area contributed by atoms with E-state index in [1.165, 1.54) is 6.08 Å². The van der Waals surface area contributed by atoms with Gasteiger partial charge in [-0.25, -0.2) is 4.79 Å². The zero-order valence-corrected chi connectivity index (χ0v) is 13.0. The molecule has 1 fully saturated rings. The highest BCUT2D eigenvalue weighted by Gasteiger charge is 2.45. The van der Waals surface area contributed by atoms with Gasteiger partial charge < -0.3 is 5.11 Å². The first kappa shape index (κ1) is 15.7. The Kier molecular flexibility index (Phi) is 4.50. The predicted molar refractivity (Wildman–Crippen MR) is 82.7 cm³/mol. The van der Waals surface area contributed by atoms with E-state index in [1.54, 1.807) is 6.08 Å². The van der Waals surface area contributed by atoms with Crippen molar-refractivity contribution >= 4 is 11.8 Å². The lowest BCUT2D eigenvalue weighted by atomic mass is 9.59. The van der Waals surface area contributed by atoms with Crippen molar-refractivity contribution < 1.29 is 14.7 Å². The molecule has 0 radical (unpaired) electrons. The van der Waals surface area contributed by atoms with Gasteiger partial charge in [0.15, 0.2) is 0 Å². The fraction of sp³-hybridized carbons (Fsp3) is 0.556. The summed E-state index contributed by atoms with van der Waals surface area (Å²) in [5.41, 5.74) is -0.612. The molecular formula is C18H24O3. The number of Topliss-reactive ketones (excluding diaryl/α,β-unsaturated/α-hetero) is 1. The van der Waals surface area contributed by atoms with Crippen LogP contribution in [0.25, 0.3) is 0 Å². The number of allylic oxidation sites excluding steroid dienone is 5. The zero-order chi connectivity index (χ0) is 15.6. The first-order chi connectivity index (χ1) is 9.83. The molecule has 0 aromatic rings. The Morgan fingerprint density at radius 2 is 2.05 bits per heavy atom. The molecule has 2 aliphatic carbocycles. The molecule has 0 heterocycles. The van der Waals surface area contributed by atoms with Crippen molar-refractivity contribution in [1.29, 1.82) is 0 Å². The maximum atomic E-state index is 12.9. The molecule has 0 bridgehead atoms. The number of fused-ring (bicyclic) bond motifs is 1. The first-order valence-electron chi connectivity index (χ1n) is 7.66. The lowest BCUT2D eigenvalue weighted by molar-refractivity contribution is -0.133. The molecule has 0 aromatic carbocycles. The highest BCUT2D eigenvalue weighted by atomic mass is 16.4. The second-order valence-corrected chi connectivity index (χ2v) is 6.81. The lowest BCUT2D eigenvalue weighted by Gasteiger charge is -2.43. The van der Waals surface area contributed by atoms with Gasteiger partial charge in [0.1, 0.15) is 5.78 Å². The maximum Gasteiger partial charge on any atom is 0.328 e. The number of carboxylic acid groups (broad SMARTS) is 1. The summed E-state index contributed by atoms with van der Waals surface area (Å²) >= 11 is 0. The average molecular weight is 288 g/mol. The quantitative estimate of drug-likeness (QED) is 0.490. The van der Waals surface area contributed by atoms with Crippen LogP contribution in [0.4, 0.5) is 0 Å². The van der Waals surface area contributed by atoms with Gasteiger partial charge in [-0.2, -0.15) is 0 Å². The number of hydrogen-bond donors (Lipinski definition) is 1. The van der Waals surface area contributed by atoms with Gasteiger partial charge in [-0.3, -0.25) is 4.79 Å². The Balaban J connectivity index is 2.20. The smallest absolute Gasteiger partial charge is 0.328 e. The van der Waals surface area contributed by atoms with Gasteiger partial charge in [0.25, 0.3) is 0 Å². The van der Waals surface area contributed by atoms with Crippen LogP contribution in [0.1, 0.15) is 33.6 Å². The molecule has 0 spiro atoms. The van der Waals surface area contributed by atoms with Crippen molar-refractivity contribution in [3.8, 4) is 0 Å². The first-order valence-corrected chi connectivity index (χ1v) is 7.66. The summed E-state index contributed by atoms with van der Waals surface area (Å²) in [7, 11) is 0. The van der Waals surface area contributed by atoms with Crippen LogP contribution in [-0.4, -0.2) is 16.9 Å². The van der Waals surface area contributed by atoms with Crippen molar-refractivity contribution in [2.24, 2.45) is 29.1 Å². The highest BCUT2D eigenvalue weighted by molar-refractivity contribution is 5.92. The van der Waals surface area contributed by atoms with Crippen LogP contribution in [0, 0.1) is 29.1 Å². The fourth-order valence-corrected chi connectivity index (χ4v) is 3.86. The monoisotopic (exact) mass is 288 g/mol. The molecule has 1 N–H and O–H groups in total. The fourth-order valence-electron chi connectivity index (χ4n) is 3.86. The number of aliphatic carboxylic acids is 1. The van der Waals surface area contributed by atoms with E-state index in [0.29, 0.717) is 17.8 Å². The van der Waals surface area contributed by atoms with Gasteiger partial charge in [-0.1, -0.05) is 44.2 Å². The minimum atomic E-state index is -0.981. The second-order valence-electron chi connectivity index (χ2n) is 6.81. The summed E-state index contributed by atoms with van der Waals surface area (Å²) in [6.07, 6.45) is 12.4. The summed E-state index contributed by atoms with van der Waals surface area (Å²) in [5, 5.41) is 8.58. The average Bonchev–Trinajstić information content (AvgIpc) is 2.39. The Bertz CT molecular complexity index is 515. The van der Waals surface area contributed by atoms with Crippen LogP contribution in [-0.2, 0) is 9.59 Å². The summed E-state index contributed by atoms with van der Waals surface area (Å²) in [6, 6.07) is 0. The number of carboxylic acids is 1. The molecule has 0 aromatic heterocycles. The van der Waals surface area contributed by atoms with E-state index >= 15 is 0 Å². The third-order valence-corrected chi connectivity index (χ3v) is 4.84. The molecule has 0 aliphatic heterocycles. The van der Waals surface area contributed by atoms with Crippen LogP contribution in [0.3, 0.4) is 0 Å². The van der Waals surface area contributed by atoms with E-state index in [2.05, 4.69) is 19.9 Å². The normalized spacial score (nSPS) is 39.9. The summed E-state index contributed by atoms with van der Waals surface area (Å²) in [4.78, 5) is 23.3. The van der Waals surface area contributed by atoms with Crippen LogP contribution in [0.5, 0.6) is 0 Å². The number of carbonyl (C=O) groups is 2. The molecule has 1 saturated carbocycles. The SMILES string of the molecule is C[C@H]1C[C@H](C)[C@@H]2C(=O)[C@@](C)(/C=C\C=C\C(=O)O)C=C[C@H]2C1. The number of hydrogen-bond acceptors (Lipinski definition) is 2. The lowest BCUT2D eigenvalue weighted by Crippen LogP contribution is -2.44. The molecule has 0 unspecified atom stereocenters. The second kappa shape index (κ2) is 6.00. The van der Waals surface area contributed by atoms with Crippen molar-refractivity contribution in [1.82, 2.24) is 0 Å². The Morgan fingerprint density at radius 3 is 2.71 bits per heavy atom. The molecule has 21 heavy (non-hydrogen) atoms. The molecule has 3 nitrogen and oxygen atoms in total. The van der Waals surface area contributed by atoms with Crippen LogP contribution >= 0.6 is 0 Å². The Labute approximate surface area is 126 Å². The van der Waals surface area contributed by atoms with Gasteiger partial charge in [0, 0.05) is 12.0 Å². The third-order valence-electron chi connectivity index (χ3n) is 4.84. The standard InChI is InChI=1S/C18H24O3/c1-12-10-13(2)16-14(11-12)7-9-18(3,17(16)21)8-5-4-6-15(19)20/h4-9,12-14,16H,10-11H2,1-3H3,(H,19,20)/b6-4+,8-5-/t12-,13-,14-,16-,18-/m0/s1. The molecule has 0 saturated heterocycles. The summed E-state index contributed by atoms with van der Waals surface area (Å²) < 4.78 is 0. The van der Waals surface area contributed by atoms with E-state index in [4.69, 9.17) is 5.11 Å². The van der Waals surface area contributed by atoms with Gasteiger partial charge >= 0.3 is 5.97 Å². The number of rotatable bonds is 3. The summed E-state index contributed by atoms with van der Waals surface area (Å²) in [5.74, 6) is 0.854. The van der Waals surface area contributed by atoms with Gasteiger partial charge in [0.05, 0.1) is 5.41 Å². The van der Waals surface area contributed by atoms with E-state index in [-0.39, 0.29) is 11.7 Å². The minimum absolute atomic E-state index is 0.101. The molecule has 2 rings (SSSR count). The van der Waals surface area contributed by atoms with Gasteiger partial charge in [-0.15, -0.1) is 0 Å². The Morgan fingerprint density at radius 1 is 1.33 bits per heavy atom. The molecule has 2 aliphatic rings. The molecule has 5 atom stereocenters.